The summed E-state index contributed by atoms with van der Waals surface area (Å²) in [5, 5.41) is 11.0. The molecule has 2 aromatic carbocycles. The maximum absolute atomic E-state index is 10.4. The Bertz CT molecular complexity index is 569. The summed E-state index contributed by atoms with van der Waals surface area (Å²) >= 11 is 9.52. The van der Waals surface area contributed by atoms with Gasteiger partial charge in [-0.05, 0) is 29.7 Å². The maximum atomic E-state index is 10.4. The molecule has 0 bridgehead atoms. The highest BCUT2D eigenvalue weighted by Crippen LogP contribution is 2.30. The van der Waals surface area contributed by atoms with Crippen LogP contribution in [0.1, 0.15) is 22.8 Å². The quantitative estimate of drug-likeness (QED) is 0.863. The van der Waals surface area contributed by atoms with Crippen molar-refractivity contribution in [1.29, 1.82) is 0 Å². The van der Waals surface area contributed by atoms with Gasteiger partial charge in [0.15, 0.2) is 0 Å². The maximum Gasteiger partial charge on any atom is 0.105 e. The Labute approximate surface area is 132 Å². The first-order valence-corrected chi connectivity index (χ1v) is 7.49. The lowest BCUT2D eigenvalue weighted by Crippen LogP contribution is -2.01. The molecule has 20 heavy (non-hydrogen) atoms. The molecule has 1 unspecified atom stereocenters. The fraction of sp³-hybridized carbons (Fsp3) is 0.250. The molecule has 0 aliphatic rings. The molecule has 2 rings (SSSR count). The number of hydrogen-bond acceptors (Lipinski definition) is 2. The molecule has 0 saturated carbocycles. The van der Waals surface area contributed by atoms with Crippen molar-refractivity contribution in [3.63, 3.8) is 0 Å². The SMILES string of the molecule is COCCc1ccc(C(O)c2ccc(Br)cc2Cl)cc1. The van der Waals surface area contributed by atoms with Crippen LogP contribution in [0.2, 0.25) is 5.02 Å². The van der Waals surface area contributed by atoms with Gasteiger partial charge < -0.3 is 9.84 Å². The van der Waals surface area contributed by atoms with Gasteiger partial charge in [-0.3, -0.25) is 0 Å². The van der Waals surface area contributed by atoms with Gasteiger partial charge in [0.05, 0.1) is 6.61 Å². The summed E-state index contributed by atoms with van der Waals surface area (Å²) in [6.45, 7) is 0.695. The van der Waals surface area contributed by atoms with Gasteiger partial charge in [-0.15, -0.1) is 0 Å². The van der Waals surface area contributed by atoms with Crippen LogP contribution in [0.15, 0.2) is 46.9 Å². The Hall–Kier alpha value is -0.870. The number of aliphatic hydroxyl groups excluding tert-OH is 1. The van der Waals surface area contributed by atoms with E-state index in [-0.39, 0.29) is 0 Å². The van der Waals surface area contributed by atoms with Crippen LogP contribution in [0, 0.1) is 0 Å². The number of benzene rings is 2. The van der Waals surface area contributed by atoms with Crippen LogP contribution >= 0.6 is 27.5 Å². The first-order valence-electron chi connectivity index (χ1n) is 6.32. The van der Waals surface area contributed by atoms with Gasteiger partial charge in [-0.25, -0.2) is 0 Å². The Morgan fingerprint density at radius 2 is 1.90 bits per heavy atom. The lowest BCUT2D eigenvalue weighted by atomic mass is 10.00. The van der Waals surface area contributed by atoms with Crippen LogP contribution in [0.5, 0.6) is 0 Å². The minimum absolute atomic E-state index is 0.551. The third kappa shape index (κ3) is 3.83. The average molecular weight is 356 g/mol. The molecule has 1 atom stereocenters. The van der Waals surface area contributed by atoms with Crippen molar-refractivity contribution in [2.75, 3.05) is 13.7 Å². The summed E-state index contributed by atoms with van der Waals surface area (Å²) in [6, 6.07) is 13.3. The van der Waals surface area contributed by atoms with Crippen molar-refractivity contribution < 1.29 is 9.84 Å². The van der Waals surface area contributed by atoms with E-state index in [4.69, 9.17) is 16.3 Å². The van der Waals surface area contributed by atoms with Crippen LogP contribution in [-0.2, 0) is 11.2 Å². The van der Waals surface area contributed by atoms with Crippen molar-refractivity contribution in [2.45, 2.75) is 12.5 Å². The highest BCUT2D eigenvalue weighted by atomic mass is 79.9. The standard InChI is InChI=1S/C16H16BrClO2/c1-20-9-8-11-2-4-12(5-3-11)16(19)14-7-6-13(17)10-15(14)18/h2-7,10,16,19H,8-9H2,1H3. The zero-order valence-electron chi connectivity index (χ0n) is 11.1. The van der Waals surface area contributed by atoms with E-state index in [0.29, 0.717) is 17.2 Å². The lowest BCUT2D eigenvalue weighted by Gasteiger charge is -2.14. The van der Waals surface area contributed by atoms with Crippen LogP contribution < -0.4 is 0 Å². The zero-order valence-corrected chi connectivity index (χ0v) is 13.5. The summed E-state index contributed by atoms with van der Waals surface area (Å²) < 4.78 is 5.95. The van der Waals surface area contributed by atoms with Crippen molar-refractivity contribution in [3.8, 4) is 0 Å². The molecule has 0 amide bonds. The molecule has 1 N–H and O–H groups in total. The number of hydrogen-bond donors (Lipinski definition) is 1. The molecule has 2 nitrogen and oxygen atoms in total. The second kappa shape index (κ2) is 7.23. The van der Waals surface area contributed by atoms with E-state index in [0.717, 1.165) is 16.5 Å². The van der Waals surface area contributed by atoms with E-state index < -0.39 is 6.10 Å². The molecule has 2 aromatic rings. The van der Waals surface area contributed by atoms with Gasteiger partial charge in [-0.2, -0.15) is 0 Å². The van der Waals surface area contributed by atoms with Crippen molar-refractivity contribution in [2.24, 2.45) is 0 Å². The third-order valence-corrected chi connectivity index (χ3v) is 3.97. The zero-order chi connectivity index (χ0) is 14.5. The number of halogens is 2. The molecular formula is C16H16BrClO2. The minimum Gasteiger partial charge on any atom is -0.384 e. The molecule has 0 spiro atoms. The van der Waals surface area contributed by atoms with Gasteiger partial charge in [0.1, 0.15) is 6.10 Å². The fourth-order valence-electron chi connectivity index (χ4n) is 1.99. The highest BCUT2D eigenvalue weighted by Gasteiger charge is 2.14. The van der Waals surface area contributed by atoms with Crippen LogP contribution in [-0.4, -0.2) is 18.8 Å². The first kappa shape index (κ1) is 15.5. The predicted octanol–water partition coefficient (Wildman–Crippen LogP) is 4.37. The summed E-state index contributed by atoms with van der Waals surface area (Å²) in [4.78, 5) is 0. The second-order valence-corrected chi connectivity index (χ2v) is 5.88. The summed E-state index contributed by atoms with van der Waals surface area (Å²) in [7, 11) is 1.69. The van der Waals surface area contributed by atoms with Crippen molar-refractivity contribution in [1.82, 2.24) is 0 Å². The van der Waals surface area contributed by atoms with Crippen LogP contribution in [0.25, 0.3) is 0 Å². The topological polar surface area (TPSA) is 29.5 Å². The van der Waals surface area contributed by atoms with Gasteiger partial charge in [0.25, 0.3) is 0 Å². The molecule has 106 valence electrons. The molecule has 0 saturated heterocycles. The summed E-state index contributed by atoms with van der Waals surface area (Å²) in [6.07, 6.45) is 0.151. The Kier molecular flexibility index (Phi) is 5.61. The molecule has 0 fully saturated rings. The fourth-order valence-corrected chi connectivity index (χ4v) is 2.77. The normalized spacial score (nSPS) is 12.4. The Balaban J connectivity index is 2.18. The molecule has 0 radical (unpaired) electrons. The largest absolute Gasteiger partial charge is 0.384 e. The minimum atomic E-state index is -0.716. The van der Waals surface area contributed by atoms with E-state index in [1.807, 2.05) is 36.4 Å². The highest BCUT2D eigenvalue weighted by molar-refractivity contribution is 9.10. The Morgan fingerprint density at radius 3 is 2.50 bits per heavy atom. The van der Waals surface area contributed by atoms with E-state index in [2.05, 4.69) is 15.9 Å². The van der Waals surface area contributed by atoms with E-state index in [1.54, 1.807) is 13.2 Å². The van der Waals surface area contributed by atoms with Gasteiger partial charge >= 0.3 is 0 Å². The van der Waals surface area contributed by atoms with E-state index in [9.17, 15) is 5.11 Å². The van der Waals surface area contributed by atoms with Crippen molar-refractivity contribution >= 4 is 27.5 Å². The summed E-state index contributed by atoms with van der Waals surface area (Å²) in [5.74, 6) is 0. The van der Waals surface area contributed by atoms with Gasteiger partial charge in [-0.1, -0.05) is 57.9 Å². The predicted molar refractivity (Wildman–Crippen MR) is 85.2 cm³/mol. The molecule has 0 heterocycles. The summed E-state index contributed by atoms with van der Waals surface area (Å²) in [5.41, 5.74) is 2.72. The monoisotopic (exact) mass is 354 g/mol. The first-order chi connectivity index (χ1) is 9.61. The number of methoxy groups -OCH3 is 1. The smallest absolute Gasteiger partial charge is 0.105 e. The Morgan fingerprint density at radius 1 is 1.20 bits per heavy atom. The third-order valence-electron chi connectivity index (χ3n) is 3.15. The molecule has 0 aliphatic carbocycles. The van der Waals surface area contributed by atoms with E-state index in [1.165, 1.54) is 5.56 Å². The number of aliphatic hydroxyl groups is 1. The van der Waals surface area contributed by atoms with Crippen LogP contribution in [0.4, 0.5) is 0 Å². The molecular weight excluding hydrogens is 340 g/mol. The van der Waals surface area contributed by atoms with Gasteiger partial charge in [0.2, 0.25) is 0 Å². The van der Waals surface area contributed by atoms with Crippen molar-refractivity contribution in [3.05, 3.63) is 68.7 Å². The van der Waals surface area contributed by atoms with Gasteiger partial charge in [0, 0.05) is 22.2 Å². The molecule has 0 aliphatic heterocycles. The lowest BCUT2D eigenvalue weighted by molar-refractivity contribution is 0.202. The average Bonchev–Trinajstić information content (AvgIpc) is 2.45. The molecule has 0 aromatic heterocycles. The van der Waals surface area contributed by atoms with E-state index >= 15 is 0 Å². The van der Waals surface area contributed by atoms with Crippen LogP contribution in [0.3, 0.4) is 0 Å². The second-order valence-electron chi connectivity index (χ2n) is 4.55. The number of ether oxygens (including phenoxy) is 1. The molecule has 4 heteroatoms. The number of rotatable bonds is 5.